The molecule has 0 aliphatic carbocycles. The Balaban J connectivity index is 1.20. The topological polar surface area (TPSA) is 65.5 Å². The van der Waals surface area contributed by atoms with E-state index in [0.29, 0.717) is 18.0 Å². The molecule has 0 saturated carbocycles. The third-order valence-electron chi connectivity index (χ3n) is 6.31. The molecule has 0 bridgehead atoms. The Bertz CT molecular complexity index is 1210. The van der Waals surface area contributed by atoms with Crippen LogP contribution in [-0.4, -0.2) is 33.1 Å². The smallest absolute Gasteiger partial charge is 0.263 e. The normalized spacial score (nSPS) is 21.9. The molecule has 162 valence electrons. The summed E-state index contributed by atoms with van der Waals surface area (Å²) < 4.78 is 0. The second kappa shape index (κ2) is 7.72. The van der Waals surface area contributed by atoms with Gasteiger partial charge in [0, 0.05) is 42.2 Å². The largest absolute Gasteiger partial charge is 0.299 e. The number of hydrogen-bond donors (Lipinski definition) is 1. The number of rotatable bonds is 4. The van der Waals surface area contributed by atoms with E-state index in [-0.39, 0.29) is 11.8 Å². The third-order valence-corrected chi connectivity index (χ3v) is 8.78. The molecule has 1 saturated heterocycles. The number of nitrogens with one attached hydrogen (secondary N) is 1. The fourth-order valence-corrected chi connectivity index (χ4v) is 7.23. The highest BCUT2D eigenvalue weighted by atomic mass is 32.2. The summed E-state index contributed by atoms with van der Waals surface area (Å²) >= 11 is 3.04. The molecule has 6 rings (SSSR count). The van der Waals surface area contributed by atoms with Crippen molar-refractivity contribution in [2.45, 2.75) is 42.1 Å². The molecule has 1 unspecified atom stereocenters. The second-order valence-corrected chi connectivity index (χ2v) is 10.8. The first-order valence-electron chi connectivity index (χ1n) is 10.8. The molecule has 2 amide bonds. The van der Waals surface area contributed by atoms with Gasteiger partial charge in [0.05, 0.1) is 11.4 Å². The van der Waals surface area contributed by atoms with Gasteiger partial charge in [-0.3, -0.25) is 24.7 Å². The first-order valence-corrected chi connectivity index (χ1v) is 12.4. The van der Waals surface area contributed by atoms with Crippen molar-refractivity contribution in [1.82, 2.24) is 9.88 Å². The molecular formula is C24H22N4O2S2. The van der Waals surface area contributed by atoms with Gasteiger partial charge in [0.15, 0.2) is 10.0 Å². The quantitative estimate of drug-likeness (QED) is 0.627. The fourth-order valence-electron chi connectivity index (χ4n) is 4.77. The van der Waals surface area contributed by atoms with Crippen LogP contribution in [0.15, 0.2) is 59.5 Å². The highest BCUT2D eigenvalue weighted by Gasteiger charge is 2.57. The predicted octanol–water partition coefficient (Wildman–Crippen LogP) is 4.27. The van der Waals surface area contributed by atoms with Gasteiger partial charge in [0.2, 0.25) is 5.91 Å². The van der Waals surface area contributed by atoms with Gasteiger partial charge in [-0.1, -0.05) is 54.2 Å². The highest BCUT2D eigenvalue weighted by Crippen LogP contribution is 2.56. The molecule has 8 heteroatoms. The van der Waals surface area contributed by atoms with E-state index in [4.69, 9.17) is 4.98 Å². The van der Waals surface area contributed by atoms with Crippen LogP contribution in [0.4, 0.5) is 10.8 Å². The van der Waals surface area contributed by atoms with E-state index in [0.717, 1.165) is 42.3 Å². The molecule has 2 aromatic carbocycles. The molecule has 1 fully saturated rings. The maximum Gasteiger partial charge on any atom is 0.263 e. The second-order valence-electron chi connectivity index (χ2n) is 8.37. The number of anilines is 2. The zero-order valence-electron chi connectivity index (χ0n) is 17.4. The molecule has 3 aliphatic rings. The number of para-hydroxylation sites is 1. The van der Waals surface area contributed by atoms with Gasteiger partial charge in [-0.2, -0.15) is 0 Å². The SMILES string of the molecule is O=C1CCC2(C(=O)Nc3nc4c(s3)CN(Cc3ccccc3)CC4)Sc3ccccc3N12. The van der Waals surface area contributed by atoms with Crippen molar-refractivity contribution in [2.24, 2.45) is 0 Å². The van der Waals surface area contributed by atoms with Crippen LogP contribution in [0.3, 0.4) is 0 Å². The molecular weight excluding hydrogens is 440 g/mol. The number of amides is 2. The van der Waals surface area contributed by atoms with E-state index in [9.17, 15) is 9.59 Å². The van der Waals surface area contributed by atoms with E-state index in [1.165, 1.54) is 22.2 Å². The molecule has 0 spiro atoms. The fraction of sp³-hybridized carbons (Fsp3) is 0.292. The molecule has 6 nitrogen and oxygen atoms in total. The number of fused-ring (bicyclic) bond motifs is 4. The number of hydrogen-bond acceptors (Lipinski definition) is 6. The van der Waals surface area contributed by atoms with Crippen LogP contribution in [-0.2, 0) is 29.1 Å². The van der Waals surface area contributed by atoms with Crippen LogP contribution in [0, 0.1) is 0 Å². The Morgan fingerprint density at radius 2 is 1.91 bits per heavy atom. The van der Waals surface area contributed by atoms with Crippen molar-refractivity contribution >= 4 is 45.7 Å². The van der Waals surface area contributed by atoms with Crippen LogP contribution < -0.4 is 10.2 Å². The third kappa shape index (κ3) is 3.25. The van der Waals surface area contributed by atoms with Crippen molar-refractivity contribution in [3.05, 3.63) is 70.7 Å². The first-order chi connectivity index (χ1) is 15.6. The molecule has 1 aromatic heterocycles. The monoisotopic (exact) mass is 462 g/mol. The minimum atomic E-state index is -0.910. The number of aromatic nitrogens is 1. The Morgan fingerprint density at radius 1 is 1.09 bits per heavy atom. The van der Waals surface area contributed by atoms with Gasteiger partial charge in [-0.15, -0.1) is 11.3 Å². The Kier molecular flexibility index (Phi) is 4.82. The van der Waals surface area contributed by atoms with E-state index >= 15 is 0 Å². The number of carbonyl (C=O) groups is 2. The number of nitrogens with zero attached hydrogens (tertiary/aromatic N) is 3. The predicted molar refractivity (Wildman–Crippen MR) is 127 cm³/mol. The molecule has 4 heterocycles. The van der Waals surface area contributed by atoms with Gasteiger partial charge in [-0.25, -0.2) is 4.98 Å². The summed E-state index contributed by atoms with van der Waals surface area (Å²) in [5.74, 6) is -0.149. The van der Waals surface area contributed by atoms with Gasteiger partial charge in [0.1, 0.15) is 0 Å². The van der Waals surface area contributed by atoms with Crippen molar-refractivity contribution in [1.29, 1.82) is 0 Å². The zero-order chi connectivity index (χ0) is 21.7. The molecule has 3 aromatic rings. The lowest BCUT2D eigenvalue weighted by molar-refractivity contribution is -0.121. The van der Waals surface area contributed by atoms with Gasteiger partial charge >= 0.3 is 0 Å². The van der Waals surface area contributed by atoms with Gasteiger partial charge in [-0.05, 0) is 24.1 Å². The van der Waals surface area contributed by atoms with Crippen LogP contribution >= 0.6 is 23.1 Å². The zero-order valence-corrected chi connectivity index (χ0v) is 19.0. The average Bonchev–Trinajstić information content (AvgIpc) is 3.46. The summed E-state index contributed by atoms with van der Waals surface area (Å²) in [6, 6.07) is 18.2. The van der Waals surface area contributed by atoms with Gasteiger partial charge < -0.3 is 0 Å². The standard InChI is InChI=1S/C24H22N4O2S2/c29-21-10-12-24(28(21)18-8-4-5-9-19(18)32-24)22(30)26-23-25-17-11-13-27(15-20(17)31-23)14-16-6-2-1-3-7-16/h1-9H,10-15H2,(H,25,26,30). The average molecular weight is 463 g/mol. The molecule has 1 atom stereocenters. The van der Waals surface area contributed by atoms with E-state index in [1.807, 2.05) is 30.3 Å². The summed E-state index contributed by atoms with van der Waals surface area (Å²) in [4.78, 5) is 36.2. The minimum Gasteiger partial charge on any atom is -0.299 e. The van der Waals surface area contributed by atoms with E-state index in [1.54, 1.807) is 16.2 Å². The maximum atomic E-state index is 13.5. The lowest BCUT2D eigenvalue weighted by Gasteiger charge is -2.29. The minimum absolute atomic E-state index is 0.00702. The van der Waals surface area contributed by atoms with Crippen LogP contribution in [0.25, 0.3) is 0 Å². The van der Waals surface area contributed by atoms with Gasteiger partial charge in [0.25, 0.3) is 5.91 Å². The maximum absolute atomic E-state index is 13.5. The summed E-state index contributed by atoms with van der Waals surface area (Å²) in [5.41, 5.74) is 3.22. The highest BCUT2D eigenvalue weighted by molar-refractivity contribution is 8.02. The lowest BCUT2D eigenvalue weighted by Crippen LogP contribution is -2.49. The van der Waals surface area contributed by atoms with Crippen molar-refractivity contribution in [2.75, 3.05) is 16.8 Å². The summed E-state index contributed by atoms with van der Waals surface area (Å²) in [7, 11) is 0. The Morgan fingerprint density at radius 3 is 2.78 bits per heavy atom. The number of thioether (sulfide) groups is 1. The Hall–Kier alpha value is -2.68. The Labute approximate surface area is 194 Å². The van der Waals surface area contributed by atoms with Crippen molar-refractivity contribution < 1.29 is 9.59 Å². The van der Waals surface area contributed by atoms with Crippen molar-refractivity contribution in [3.8, 4) is 0 Å². The molecule has 0 radical (unpaired) electrons. The number of benzene rings is 2. The molecule has 32 heavy (non-hydrogen) atoms. The van der Waals surface area contributed by atoms with Crippen LogP contribution in [0.1, 0.15) is 29.0 Å². The van der Waals surface area contributed by atoms with E-state index < -0.39 is 4.87 Å². The summed E-state index contributed by atoms with van der Waals surface area (Å²) in [6.45, 7) is 2.71. The van der Waals surface area contributed by atoms with Crippen molar-refractivity contribution in [3.63, 3.8) is 0 Å². The molecule has 3 aliphatic heterocycles. The van der Waals surface area contributed by atoms with E-state index in [2.05, 4.69) is 34.5 Å². The summed E-state index contributed by atoms with van der Waals surface area (Å²) in [5, 5.41) is 3.69. The molecule has 1 N–H and O–H groups in total. The summed E-state index contributed by atoms with van der Waals surface area (Å²) in [6.07, 6.45) is 1.77. The van der Waals surface area contributed by atoms with Crippen LogP contribution in [0.2, 0.25) is 0 Å². The number of carbonyl (C=O) groups excluding carboxylic acids is 2. The van der Waals surface area contributed by atoms with Crippen LogP contribution in [0.5, 0.6) is 0 Å². The first kappa shape index (κ1) is 20.0. The lowest BCUT2D eigenvalue weighted by atomic mass is 10.1. The number of thiazole rings is 1.